The van der Waals surface area contributed by atoms with E-state index in [2.05, 4.69) is 0 Å². The summed E-state index contributed by atoms with van der Waals surface area (Å²) in [4.78, 5) is 36.2. The lowest BCUT2D eigenvalue weighted by Crippen LogP contribution is -2.24. The largest absolute Gasteiger partial charge is 0.506 e. The quantitative estimate of drug-likeness (QED) is 0.604. The summed E-state index contributed by atoms with van der Waals surface area (Å²) in [5, 5.41) is 10.1. The van der Waals surface area contributed by atoms with Crippen molar-refractivity contribution in [3.05, 3.63) is 35.2 Å². The minimum Gasteiger partial charge on any atom is -0.506 e. The first-order chi connectivity index (χ1) is 10.9. The summed E-state index contributed by atoms with van der Waals surface area (Å²) in [5.74, 6) is -2.28. The number of nitrogens with zero attached hydrogens (tertiary/aromatic N) is 1. The Balaban J connectivity index is 2.82. The SMILES string of the molecule is CCCCC(=O)c1c(CC)c(C(=O)C(N)=O)c2c(O)cccn12. The summed E-state index contributed by atoms with van der Waals surface area (Å²) in [6.07, 6.45) is 3.92. The summed E-state index contributed by atoms with van der Waals surface area (Å²) in [7, 11) is 0. The van der Waals surface area contributed by atoms with Crippen LogP contribution in [0.1, 0.15) is 59.5 Å². The van der Waals surface area contributed by atoms with Gasteiger partial charge >= 0.3 is 0 Å². The van der Waals surface area contributed by atoms with Crippen molar-refractivity contribution in [2.75, 3.05) is 0 Å². The zero-order chi connectivity index (χ0) is 17.1. The third-order valence-electron chi connectivity index (χ3n) is 3.86. The Morgan fingerprint density at radius 1 is 1.26 bits per heavy atom. The van der Waals surface area contributed by atoms with Crippen LogP contribution >= 0.6 is 0 Å². The number of rotatable bonds is 7. The van der Waals surface area contributed by atoms with E-state index < -0.39 is 11.7 Å². The van der Waals surface area contributed by atoms with E-state index in [0.717, 1.165) is 12.8 Å². The number of pyridine rings is 1. The van der Waals surface area contributed by atoms with E-state index in [1.165, 1.54) is 10.5 Å². The second kappa shape index (κ2) is 6.64. The molecule has 2 heterocycles. The summed E-state index contributed by atoms with van der Waals surface area (Å²) >= 11 is 0. The van der Waals surface area contributed by atoms with Crippen molar-refractivity contribution >= 4 is 23.0 Å². The van der Waals surface area contributed by atoms with Crippen molar-refractivity contribution < 1.29 is 19.5 Å². The van der Waals surface area contributed by atoms with Gasteiger partial charge in [-0.1, -0.05) is 20.3 Å². The molecule has 1 amide bonds. The number of carbonyl (C=O) groups is 3. The van der Waals surface area contributed by atoms with E-state index in [1.54, 1.807) is 19.2 Å². The smallest absolute Gasteiger partial charge is 0.289 e. The van der Waals surface area contributed by atoms with E-state index >= 15 is 0 Å². The molecule has 2 rings (SSSR count). The van der Waals surface area contributed by atoms with Crippen molar-refractivity contribution in [2.24, 2.45) is 5.73 Å². The molecule has 0 saturated heterocycles. The normalized spacial score (nSPS) is 10.9. The zero-order valence-electron chi connectivity index (χ0n) is 13.3. The van der Waals surface area contributed by atoms with Crippen LogP contribution in [0.25, 0.3) is 5.52 Å². The second-order valence-corrected chi connectivity index (χ2v) is 5.39. The molecule has 2 aromatic rings. The lowest BCUT2D eigenvalue weighted by atomic mass is 9.99. The highest BCUT2D eigenvalue weighted by Gasteiger charge is 2.29. The number of amides is 1. The Labute approximate surface area is 133 Å². The van der Waals surface area contributed by atoms with Crippen LogP contribution in [0.15, 0.2) is 18.3 Å². The monoisotopic (exact) mass is 316 g/mol. The van der Waals surface area contributed by atoms with E-state index in [-0.39, 0.29) is 22.6 Å². The number of hydrogen-bond acceptors (Lipinski definition) is 4. The van der Waals surface area contributed by atoms with Gasteiger partial charge in [0.25, 0.3) is 11.7 Å². The highest BCUT2D eigenvalue weighted by atomic mass is 16.3. The molecule has 3 N–H and O–H groups in total. The molecular formula is C17H20N2O4. The van der Waals surface area contributed by atoms with E-state index in [4.69, 9.17) is 5.73 Å². The summed E-state index contributed by atoms with van der Waals surface area (Å²) in [5.41, 5.74) is 6.12. The third kappa shape index (κ3) is 2.84. The molecule has 0 unspecified atom stereocenters. The predicted molar refractivity (Wildman–Crippen MR) is 85.8 cm³/mol. The topological polar surface area (TPSA) is 102 Å². The number of carbonyl (C=O) groups excluding carboxylic acids is 3. The maximum Gasteiger partial charge on any atom is 0.289 e. The second-order valence-electron chi connectivity index (χ2n) is 5.39. The Hall–Kier alpha value is -2.63. The van der Waals surface area contributed by atoms with Crippen LogP contribution in [-0.4, -0.2) is 27.0 Å². The molecule has 0 fully saturated rings. The molecule has 6 heteroatoms. The molecule has 122 valence electrons. The van der Waals surface area contributed by atoms with Crippen LogP contribution in [-0.2, 0) is 11.2 Å². The Bertz CT molecular complexity index is 789. The van der Waals surface area contributed by atoms with Crippen molar-refractivity contribution in [1.29, 1.82) is 0 Å². The molecular weight excluding hydrogens is 296 g/mol. The number of fused-ring (bicyclic) bond motifs is 1. The average molecular weight is 316 g/mol. The molecule has 6 nitrogen and oxygen atoms in total. The van der Waals surface area contributed by atoms with Gasteiger partial charge in [0.1, 0.15) is 5.75 Å². The number of primary amides is 1. The van der Waals surface area contributed by atoms with Gasteiger partial charge in [0, 0.05) is 12.6 Å². The van der Waals surface area contributed by atoms with Gasteiger partial charge < -0.3 is 15.2 Å². The number of unbranched alkanes of at least 4 members (excludes halogenated alkanes) is 1. The van der Waals surface area contributed by atoms with Gasteiger partial charge in [-0.2, -0.15) is 0 Å². The minimum atomic E-state index is -1.11. The van der Waals surface area contributed by atoms with E-state index in [9.17, 15) is 19.5 Å². The van der Waals surface area contributed by atoms with Crippen LogP contribution in [0.3, 0.4) is 0 Å². The first-order valence-corrected chi connectivity index (χ1v) is 7.66. The van der Waals surface area contributed by atoms with Gasteiger partial charge in [0.15, 0.2) is 5.78 Å². The highest BCUT2D eigenvalue weighted by Crippen LogP contribution is 2.32. The maximum atomic E-state index is 12.6. The number of nitrogens with two attached hydrogens (primary N) is 1. The fourth-order valence-corrected chi connectivity index (χ4v) is 2.81. The summed E-state index contributed by atoms with van der Waals surface area (Å²) in [6.45, 7) is 3.78. The van der Waals surface area contributed by atoms with Gasteiger partial charge in [-0.3, -0.25) is 14.4 Å². The first-order valence-electron chi connectivity index (χ1n) is 7.66. The molecule has 0 bridgehead atoms. The van der Waals surface area contributed by atoms with Crippen molar-refractivity contribution in [3.63, 3.8) is 0 Å². The van der Waals surface area contributed by atoms with Gasteiger partial charge in [-0.15, -0.1) is 0 Å². The standard InChI is InChI=1S/C17H20N2O4/c1-3-5-7-11(20)14-10(4-2)13(16(22)17(18)23)15-12(21)8-6-9-19(14)15/h6,8-9,21H,3-5,7H2,1-2H3,(H2,18,23). The number of Topliss-reactive ketones (excluding diaryl/α,β-unsaturated/α-hetero) is 2. The minimum absolute atomic E-state index is 0.0259. The van der Waals surface area contributed by atoms with Crippen molar-refractivity contribution in [2.45, 2.75) is 39.5 Å². The van der Waals surface area contributed by atoms with Crippen molar-refractivity contribution in [1.82, 2.24) is 4.40 Å². The fourth-order valence-electron chi connectivity index (χ4n) is 2.81. The van der Waals surface area contributed by atoms with Crippen molar-refractivity contribution in [3.8, 4) is 5.75 Å². The lowest BCUT2D eigenvalue weighted by molar-refractivity contribution is -0.114. The maximum absolute atomic E-state index is 12.6. The molecule has 23 heavy (non-hydrogen) atoms. The Kier molecular flexibility index (Phi) is 4.83. The van der Waals surface area contributed by atoms with Gasteiger partial charge in [0.2, 0.25) is 0 Å². The molecule has 0 saturated carbocycles. The lowest BCUT2D eigenvalue weighted by Gasteiger charge is -2.04. The van der Waals surface area contributed by atoms with Crippen LogP contribution in [0, 0.1) is 0 Å². The van der Waals surface area contributed by atoms with Crippen LogP contribution in [0.2, 0.25) is 0 Å². The number of aromatic nitrogens is 1. The van der Waals surface area contributed by atoms with Crippen LogP contribution < -0.4 is 5.73 Å². The number of hydrogen-bond donors (Lipinski definition) is 2. The van der Waals surface area contributed by atoms with Crippen LogP contribution in [0.4, 0.5) is 0 Å². The predicted octanol–water partition coefficient (Wildman–Crippen LogP) is 2.25. The fraction of sp³-hybridized carbons (Fsp3) is 0.353. The molecule has 0 aliphatic heterocycles. The van der Waals surface area contributed by atoms with E-state index in [1.807, 2.05) is 6.92 Å². The van der Waals surface area contributed by atoms with Gasteiger partial charge in [-0.05, 0) is 30.5 Å². The molecule has 0 atom stereocenters. The van der Waals surface area contributed by atoms with Gasteiger partial charge in [0.05, 0.1) is 16.8 Å². The molecule has 0 radical (unpaired) electrons. The highest BCUT2D eigenvalue weighted by molar-refractivity contribution is 6.44. The summed E-state index contributed by atoms with van der Waals surface area (Å²) in [6, 6.07) is 2.99. The third-order valence-corrected chi connectivity index (χ3v) is 3.86. The number of ketones is 2. The molecule has 0 aromatic carbocycles. The summed E-state index contributed by atoms with van der Waals surface area (Å²) < 4.78 is 1.49. The molecule has 0 aliphatic carbocycles. The zero-order valence-corrected chi connectivity index (χ0v) is 13.3. The van der Waals surface area contributed by atoms with E-state index in [0.29, 0.717) is 24.1 Å². The molecule has 0 spiro atoms. The van der Waals surface area contributed by atoms with Crippen LogP contribution in [0.5, 0.6) is 5.75 Å². The molecule has 2 aromatic heterocycles. The molecule has 0 aliphatic rings. The van der Waals surface area contributed by atoms with Gasteiger partial charge in [-0.25, -0.2) is 0 Å². The Morgan fingerprint density at radius 3 is 2.52 bits per heavy atom. The average Bonchev–Trinajstić information content (AvgIpc) is 2.87. The Morgan fingerprint density at radius 2 is 1.96 bits per heavy atom. The first kappa shape index (κ1) is 16.7. The number of aromatic hydroxyl groups is 1.